The molecule has 2 fully saturated rings. The number of fused-ring (bicyclic) bond motifs is 1. The smallest absolute Gasteiger partial charge is 0.267 e. The first-order valence-electron chi connectivity index (χ1n) is 11.3. The normalized spacial score (nSPS) is 22.7. The summed E-state index contributed by atoms with van der Waals surface area (Å²) >= 11 is 6.70. The van der Waals surface area contributed by atoms with Crippen molar-refractivity contribution < 1.29 is 9.53 Å². The summed E-state index contributed by atoms with van der Waals surface area (Å²) in [5.74, 6) is 1.48. The fourth-order valence-electron chi connectivity index (χ4n) is 4.69. The minimum atomic E-state index is -0.172. The number of aromatic nitrogens is 2. The molecule has 2 aliphatic rings. The molecular formula is C24H30N4O3S2. The van der Waals surface area contributed by atoms with Gasteiger partial charge < -0.3 is 9.64 Å². The van der Waals surface area contributed by atoms with Crippen LogP contribution in [-0.2, 0) is 9.53 Å². The summed E-state index contributed by atoms with van der Waals surface area (Å²) in [5.41, 5.74) is 1.85. The molecule has 0 spiro atoms. The zero-order valence-corrected chi connectivity index (χ0v) is 21.2. The molecule has 2 aromatic heterocycles. The molecule has 7 nitrogen and oxygen atoms in total. The highest BCUT2D eigenvalue weighted by molar-refractivity contribution is 8.26. The predicted octanol–water partition coefficient (Wildman–Crippen LogP) is 3.72. The number of anilines is 1. The Kier molecular flexibility index (Phi) is 7.21. The number of methoxy groups -OCH3 is 1. The number of thiocarbonyl (C=S) groups is 1. The van der Waals surface area contributed by atoms with Crippen molar-refractivity contribution in [3.05, 3.63) is 44.7 Å². The quantitative estimate of drug-likeness (QED) is 0.350. The minimum absolute atomic E-state index is 0.166. The predicted molar refractivity (Wildman–Crippen MR) is 138 cm³/mol. The van der Waals surface area contributed by atoms with Gasteiger partial charge in [0.1, 0.15) is 15.8 Å². The van der Waals surface area contributed by atoms with Crippen molar-refractivity contribution in [2.24, 2.45) is 11.8 Å². The van der Waals surface area contributed by atoms with Crippen LogP contribution in [0, 0.1) is 18.8 Å². The zero-order chi connectivity index (χ0) is 23.7. The number of rotatable bonds is 6. The van der Waals surface area contributed by atoms with Crippen LogP contribution >= 0.6 is 24.0 Å². The van der Waals surface area contributed by atoms with E-state index >= 15 is 0 Å². The molecule has 0 aliphatic carbocycles. The first-order valence-corrected chi connectivity index (χ1v) is 12.5. The lowest BCUT2D eigenvalue weighted by molar-refractivity contribution is -0.122. The number of carbonyl (C=O) groups is 1. The molecule has 2 atom stereocenters. The third-order valence-electron chi connectivity index (χ3n) is 6.11. The first kappa shape index (κ1) is 23.9. The van der Waals surface area contributed by atoms with Gasteiger partial charge in [0, 0.05) is 39.5 Å². The maximum absolute atomic E-state index is 13.6. The van der Waals surface area contributed by atoms with Crippen LogP contribution in [0.5, 0.6) is 0 Å². The Hall–Kier alpha value is -2.23. The molecule has 0 aromatic carbocycles. The topological polar surface area (TPSA) is 67.2 Å². The number of hydrogen-bond donors (Lipinski definition) is 0. The first-order chi connectivity index (χ1) is 15.8. The Bertz CT molecular complexity index is 1170. The third kappa shape index (κ3) is 4.85. The van der Waals surface area contributed by atoms with Crippen LogP contribution in [-0.4, -0.2) is 57.9 Å². The Morgan fingerprint density at radius 1 is 1.27 bits per heavy atom. The fourth-order valence-corrected chi connectivity index (χ4v) is 5.98. The molecule has 2 saturated heterocycles. The second-order valence-electron chi connectivity index (χ2n) is 9.07. The Morgan fingerprint density at radius 2 is 2.00 bits per heavy atom. The highest BCUT2D eigenvalue weighted by Crippen LogP contribution is 2.34. The highest BCUT2D eigenvalue weighted by Gasteiger charge is 2.33. The average molecular weight is 487 g/mol. The molecule has 4 heterocycles. The molecule has 2 unspecified atom stereocenters. The monoisotopic (exact) mass is 486 g/mol. The number of thioether (sulfide) groups is 1. The fraction of sp³-hybridized carbons (Fsp3) is 0.500. The van der Waals surface area contributed by atoms with E-state index in [2.05, 4.69) is 18.7 Å². The minimum Gasteiger partial charge on any atom is -0.385 e. The van der Waals surface area contributed by atoms with Gasteiger partial charge in [-0.25, -0.2) is 4.98 Å². The molecule has 0 N–H and O–H groups in total. The van der Waals surface area contributed by atoms with Crippen LogP contribution in [0.25, 0.3) is 11.7 Å². The summed E-state index contributed by atoms with van der Waals surface area (Å²) in [6.45, 7) is 9.13. The Morgan fingerprint density at radius 3 is 2.70 bits per heavy atom. The summed E-state index contributed by atoms with van der Waals surface area (Å²) in [6.07, 6.45) is 5.28. The van der Waals surface area contributed by atoms with E-state index in [1.807, 2.05) is 19.1 Å². The maximum Gasteiger partial charge on any atom is 0.267 e. The van der Waals surface area contributed by atoms with Crippen molar-refractivity contribution in [2.75, 3.05) is 38.3 Å². The number of aryl methyl sites for hydroxylation is 1. The van der Waals surface area contributed by atoms with Crippen LogP contribution < -0.4 is 10.5 Å². The SMILES string of the molecule is COCCCN1C(=O)/C(=C/c2c(N3CC(C)CC(C)C3)nc3c(C)cccn3c2=O)SC1=S. The Labute approximate surface area is 203 Å². The summed E-state index contributed by atoms with van der Waals surface area (Å²) in [6, 6.07) is 3.80. The second kappa shape index (κ2) is 9.95. The Balaban J connectivity index is 1.81. The maximum atomic E-state index is 13.6. The number of pyridine rings is 1. The van der Waals surface area contributed by atoms with Gasteiger partial charge in [-0.1, -0.05) is 43.9 Å². The molecule has 9 heteroatoms. The van der Waals surface area contributed by atoms with Gasteiger partial charge >= 0.3 is 0 Å². The van der Waals surface area contributed by atoms with E-state index in [0.717, 1.165) is 25.1 Å². The lowest BCUT2D eigenvalue weighted by Gasteiger charge is -2.36. The van der Waals surface area contributed by atoms with E-state index in [1.54, 1.807) is 28.7 Å². The lowest BCUT2D eigenvalue weighted by atomic mass is 9.91. The van der Waals surface area contributed by atoms with Crippen LogP contribution in [0.15, 0.2) is 28.0 Å². The molecule has 2 aliphatic heterocycles. The van der Waals surface area contributed by atoms with E-state index in [9.17, 15) is 9.59 Å². The van der Waals surface area contributed by atoms with Gasteiger partial charge in [-0.3, -0.25) is 18.9 Å². The standard InChI is InChI=1S/C24H30N4O3S2/c1-15-11-16(2)14-26(13-15)21-18(22(29)27-8-5-7-17(3)20(27)25-21)12-19-23(30)28(24(32)33-19)9-6-10-31-4/h5,7-8,12,15-16H,6,9-11,13-14H2,1-4H3/b19-12-. The number of carbonyl (C=O) groups excluding carboxylic acids is 1. The van der Waals surface area contributed by atoms with Crippen molar-refractivity contribution in [3.63, 3.8) is 0 Å². The van der Waals surface area contributed by atoms with Crippen LogP contribution in [0.3, 0.4) is 0 Å². The zero-order valence-electron chi connectivity index (χ0n) is 19.5. The summed E-state index contributed by atoms with van der Waals surface area (Å²) in [7, 11) is 1.63. The number of amides is 1. The van der Waals surface area contributed by atoms with Gasteiger partial charge in [0.2, 0.25) is 0 Å². The molecule has 2 aromatic rings. The van der Waals surface area contributed by atoms with Gasteiger partial charge in [-0.05, 0) is 49.3 Å². The van der Waals surface area contributed by atoms with E-state index in [4.69, 9.17) is 21.9 Å². The second-order valence-corrected chi connectivity index (χ2v) is 10.7. The summed E-state index contributed by atoms with van der Waals surface area (Å²) in [4.78, 5) is 36.0. The van der Waals surface area contributed by atoms with Crippen molar-refractivity contribution in [3.8, 4) is 0 Å². The van der Waals surface area contributed by atoms with Gasteiger partial charge in [0.05, 0.1) is 10.5 Å². The molecule has 33 heavy (non-hydrogen) atoms. The summed E-state index contributed by atoms with van der Waals surface area (Å²) < 4.78 is 7.18. The largest absolute Gasteiger partial charge is 0.385 e. The molecule has 4 rings (SSSR count). The third-order valence-corrected chi connectivity index (χ3v) is 7.49. The van der Waals surface area contributed by atoms with Crippen LogP contribution in [0.4, 0.5) is 5.82 Å². The molecule has 176 valence electrons. The number of hydrogen-bond acceptors (Lipinski definition) is 7. The molecule has 0 bridgehead atoms. The average Bonchev–Trinajstić information content (AvgIpc) is 3.03. The number of piperidine rings is 1. The van der Waals surface area contributed by atoms with Gasteiger partial charge in [-0.15, -0.1) is 0 Å². The van der Waals surface area contributed by atoms with Gasteiger partial charge in [0.25, 0.3) is 11.5 Å². The van der Waals surface area contributed by atoms with Crippen LogP contribution in [0.1, 0.15) is 37.8 Å². The van der Waals surface area contributed by atoms with Gasteiger partial charge in [0.15, 0.2) is 0 Å². The molecule has 0 radical (unpaired) electrons. The highest BCUT2D eigenvalue weighted by atomic mass is 32.2. The molecule has 0 saturated carbocycles. The van der Waals surface area contributed by atoms with E-state index in [1.165, 1.54) is 11.8 Å². The van der Waals surface area contributed by atoms with Crippen molar-refractivity contribution in [1.29, 1.82) is 0 Å². The van der Waals surface area contributed by atoms with Gasteiger partial charge in [-0.2, -0.15) is 0 Å². The molecular weight excluding hydrogens is 456 g/mol. The molecule has 1 amide bonds. The van der Waals surface area contributed by atoms with Crippen LogP contribution in [0.2, 0.25) is 0 Å². The lowest BCUT2D eigenvalue weighted by Crippen LogP contribution is -2.40. The van der Waals surface area contributed by atoms with Crippen molar-refractivity contribution >= 4 is 51.7 Å². The number of nitrogens with zero attached hydrogens (tertiary/aromatic N) is 4. The van der Waals surface area contributed by atoms with Crippen molar-refractivity contribution in [1.82, 2.24) is 14.3 Å². The number of ether oxygens (including phenoxy) is 1. The van der Waals surface area contributed by atoms with Crippen molar-refractivity contribution in [2.45, 2.75) is 33.6 Å². The van der Waals surface area contributed by atoms with E-state index < -0.39 is 0 Å². The van der Waals surface area contributed by atoms with E-state index in [-0.39, 0.29) is 11.5 Å². The van der Waals surface area contributed by atoms with E-state index in [0.29, 0.717) is 57.7 Å². The summed E-state index contributed by atoms with van der Waals surface area (Å²) in [5, 5.41) is 0.